The Bertz CT molecular complexity index is 903. The number of hydrogen-bond donors (Lipinski definition) is 1. The Labute approximate surface area is 185 Å². The monoisotopic (exact) mass is 532 g/mol. The van der Waals surface area contributed by atoms with Crippen molar-refractivity contribution in [2.75, 3.05) is 37.4 Å². The van der Waals surface area contributed by atoms with E-state index in [0.717, 1.165) is 3.57 Å². The molecule has 1 amide bonds. The molecule has 29 heavy (non-hydrogen) atoms. The van der Waals surface area contributed by atoms with Gasteiger partial charge in [-0.05, 0) is 65.4 Å². The molecule has 0 aliphatic carbocycles. The SMILES string of the molecule is COc1ccccc1OCCNC(=O)CCCN(c1ccc(I)cc1)S(C)(=O)=O. The first-order chi connectivity index (χ1) is 13.8. The van der Waals surface area contributed by atoms with Gasteiger partial charge < -0.3 is 14.8 Å². The highest BCUT2D eigenvalue weighted by Crippen LogP contribution is 2.25. The zero-order valence-electron chi connectivity index (χ0n) is 16.4. The summed E-state index contributed by atoms with van der Waals surface area (Å²) in [6.45, 7) is 0.901. The molecule has 158 valence electrons. The van der Waals surface area contributed by atoms with E-state index in [2.05, 4.69) is 27.9 Å². The summed E-state index contributed by atoms with van der Waals surface area (Å²) in [5.74, 6) is 1.10. The lowest BCUT2D eigenvalue weighted by Crippen LogP contribution is -2.32. The standard InChI is InChI=1S/C20H25IN2O5S/c1-27-18-6-3-4-7-19(18)28-15-13-22-20(24)8-5-14-23(29(2,25)26)17-11-9-16(21)10-12-17/h3-4,6-7,9-12H,5,8,13-15H2,1-2H3,(H,22,24). The van der Waals surface area contributed by atoms with Crippen molar-refractivity contribution in [2.24, 2.45) is 0 Å². The molecule has 0 aliphatic heterocycles. The molecule has 0 saturated heterocycles. The van der Waals surface area contributed by atoms with Gasteiger partial charge in [-0.3, -0.25) is 9.10 Å². The fourth-order valence-electron chi connectivity index (χ4n) is 2.65. The van der Waals surface area contributed by atoms with E-state index in [4.69, 9.17) is 9.47 Å². The minimum atomic E-state index is -3.42. The van der Waals surface area contributed by atoms with Crippen molar-refractivity contribution in [2.45, 2.75) is 12.8 Å². The van der Waals surface area contributed by atoms with Gasteiger partial charge in [0.2, 0.25) is 15.9 Å². The second-order valence-corrected chi connectivity index (χ2v) is 9.42. The van der Waals surface area contributed by atoms with Crippen LogP contribution in [0.1, 0.15) is 12.8 Å². The van der Waals surface area contributed by atoms with Crippen LogP contribution in [0.3, 0.4) is 0 Å². The first-order valence-corrected chi connectivity index (χ1v) is 12.0. The molecule has 0 spiro atoms. The number of rotatable bonds is 11. The largest absolute Gasteiger partial charge is 0.493 e. The van der Waals surface area contributed by atoms with E-state index in [1.165, 1.54) is 10.6 Å². The number of methoxy groups -OCH3 is 1. The van der Waals surface area contributed by atoms with Crippen LogP contribution in [0.5, 0.6) is 11.5 Å². The van der Waals surface area contributed by atoms with E-state index < -0.39 is 10.0 Å². The number of nitrogens with one attached hydrogen (secondary N) is 1. The van der Waals surface area contributed by atoms with Gasteiger partial charge in [-0.2, -0.15) is 0 Å². The van der Waals surface area contributed by atoms with Gasteiger partial charge in [-0.15, -0.1) is 0 Å². The molecule has 0 radical (unpaired) electrons. The summed E-state index contributed by atoms with van der Waals surface area (Å²) in [5, 5.41) is 2.78. The van der Waals surface area contributed by atoms with Crippen molar-refractivity contribution in [3.8, 4) is 11.5 Å². The topological polar surface area (TPSA) is 84.9 Å². The molecule has 2 aromatic rings. The Morgan fingerprint density at radius 2 is 1.76 bits per heavy atom. The third-order valence-corrected chi connectivity index (χ3v) is 5.94. The van der Waals surface area contributed by atoms with Crippen molar-refractivity contribution >= 4 is 44.2 Å². The minimum Gasteiger partial charge on any atom is -0.493 e. The maximum absolute atomic E-state index is 12.1. The number of hydrogen-bond acceptors (Lipinski definition) is 5. The van der Waals surface area contributed by atoms with E-state index in [0.29, 0.717) is 36.8 Å². The molecule has 2 aromatic carbocycles. The summed E-state index contributed by atoms with van der Waals surface area (Å²) in [4.78, 5) is 12.0. The highest BCUT2D eigenvalue weighted by molar-refractivity contribution is 14.1. The smallest absolute Gasteiger partial charge is 0.232 e. The predicted octanol–water partition coefficient (Wildman–Crippen LogP) is 3.04. The molecule has 9 heteroatoms. The molecule has 0 atom stereocenters. The van der Waals surface area contributed by atoms with Gasteiger partial charge in [0.15, 0.2) is 11.5 Å². The van der Waals surface area contributed by atoms with E-state index in [-0.39, 0.29) is 18.9 Å². The normalized spacial score (nSPS) is 11.0. The van der Waals surface area contributed by atoms with Crippen molar-refractivity contribution < 1.29 is 22.7 Å². The van der Waals surface area contributed by atoms with Crippen LogP contribution >= 0.6 is 22.6 Å². The third-order valence-electron chi connectivity index (χ3n) is 4.03. The highest BCUT2D eigenvalue weighted by atomic mass is 127. The number of halogens is 1. The molecule has 2 rings (SSSR count). The van der Waals surface area contributed by atoms with Crippen LogP contribution in [-0.2, 0) is 14.8 Å². The number of para-hydroxylation sites is 2. The van der Waals surface area contributed by atoms with E-state index in [1.807, 2.05) is 24.3 Å². The Hall–Kier alpha value is -2.01. The van der Waals surface area contributed by atoms with Gasteiger partial charge in [0.25, 0.3) is 0 Å². The average molecular weight is 532 g/mol. The lowest BCUT2D eigenvalue weighted by molar-refractivity contribution is -0.121. The van der Waals surface area contributed by atoms with Gasteiger partial charge >= 0.3 is 0 Å². The molecule has 0 heterocycles. The Morgan fingerprint density at radius 1 is 1.10 bits per heavy atom. The second kappa shape index (κ2) is 11.2. The van der Waals surface area contributed by atoms with Crippen molar-refractivity contribution in [1.82, 2.24) is 5.32 Å². The Morgan fingerprint density at radius 3 is 2.38 bits per heavy atom. The number of nitrogens with zero attached hydrogens (tertiary/aromatic N) is 1. The summed E-state index contributed by atoms with van der Waals surface area (Å²) in [5.41, 5.74) is 0.596. The molecule has 0 aromatic heterocycles. The predicted molar refractivity (Wildman–Crippen MR) is 122 cm³/mol. The van der Waals surface area contributed by atoms with Crippen molar-refractivity contribution in [1.29, 1.82) is 0 Å². The average Bonchev–Trinajstić information content (AvgIpc) is 2.69. The number of sulfonamides is 1. The maximum atomic E-state index is 12.1. The lowest BCUT2D eigenvalue weighted by Gasteiger charge is -2.22. The van der Waals surface area contributed by atoms with Crippen molar-refractivity contribution in [3.05, 3.63) is 52.1 Å². The van der Waals surface area contributed by atoms with Crippen LogP contribution < -0.4 is 19.1 Å². The van der Waals surface area contributed by atoms with Gasteiger partial charge in [-0.1, -0.05) is 12.1 Å². The van der Waals surface area contributed by atoms with Crippen LogP contribution in [-0.4, -0.2) is 47.4 Å². The zero-order valence-corrected chi connectivity index (χ0v) is 19.4. The number of anilines is 1. The summed E-state index contributed by atoms with van der Waals surface area (Å²) >= 11 is 2.16. The third kappa shape index (κ3) is 7.73. The quantitative estimate of drug-likeness (QED) is 0.356. The number of amides is 1. The second-order valence-electron chi connectivity index (χ2n) is 6.26. The number of ether oxygens (including phenoxy) is 2. The zero-order chi connectivity index (χ0) is 21.3. The molecule has 0 bridgehead atoms. The van der Waals surface area contributed by atoms with Gasteiger partial charge in [0, 0.05) is 16.5 Å². The van der Waals surface area contributed by atoms with Gasteiger partial charge in [-0.25, -0.2) is 8.42 Å². The summed E-state index contributed by atoms with van der Waals surface area (Å²) < 4.78 is 37.3. The molecular formula is C20H25IN2O5S. The maximum Gasteiger partial charge on any atom is 0.232 e. The molecule has 0 saturated carbocycles. The van der Waals surface area contributed by atoms with E-state index in [1.54, 1.807) is 31.4 Å². The molecule has 0 fully saturated rings. The van der Waals surface area contributed by atoms with Crippen molar-refractivity contribution in [3.63, 3.8) is 0 Å². The number of carbonyl (C=O) groups is 1. The fraction of sp³-hybridized carbons (Fsp3) is 0.350. The van der Waals surface area contributed by atoms with Gasteiger partial charge in [0.05, 0.1) is 25.6 Å². The molecular weight excluding hydrogens is 507 g/mol. The fourth-order valence-corrected chi connectivity index (χ4v) is 3.98. The molecule has 1 N–H and O–H groups in total. The van der Waals surface area contributed by atoms with Gasteiger partial charge in [0.1, 0.15) is 6.61 Å². The summed E-state index contributed by atoms with van der Waals surface area (Å²) in [6.07, 6.45) is 1.81. The molecule has 7 nitrogen and oxygen atoms in total. The summed E-state index contributed by atoms with van der Waals surface area (Å²) in [6, 6.07) is 14.5. The number of benzene rings is 2. The van der Waals surface area contributed by atoms with E-state index in [9.17, 15) is 13.2 Å². The van der Waals surface area contributed by atoms with Crippen LogP contribution in [0, 0.1) is 3.57 Å². The van der Waals surface area contributed by atoms with E-state index >= 15 is 0 Å². The first kappa shape index (κ1) is 23.3. The molecule has 0 aliphatic rings. The molecule has 0 unspecified atom stereocenters. The summed E-state index contributed by atoms with van der Waals surface area (Å²) in [7, 11) is -1.85. The minimum absolute atomic E-state index is 0.148. The first-order valence-electron chi connectivity index (χ1n) is 9.07. The number of carbonyl (C=O) groups excluding carboxylic acids is 1. The Kier molecular flexibility index (Phi) is 9.02. The lowest BCUT2D eigenvalue weighted by atomic mass is 10.2. The Balaban J connectivity index is 1.75. The van der Waals surface area contributed by atoms with Crippen LogP contribution in [0.4, 0.5) is 5.69 Å². The van der Waals surface area contributed by atoms with Crippen LogP contribution in [0.2, 0.25) is 0 Å². The van der Waals surface area contributed by atoms with Crippen LogP contribution in [0.25, 0.3) is 0 Å². The van der Waals surface area contributed by atoms with Crippen LogP contribution in [0.15, 0.2) is 48.5 Å². The highest BCUT2D eigenvalue weighted by Gasteiger charge is 2.17.